The molecular formula is C20H23FN2O4. The van der Waals surface area contributed by atoms with Crippen molar-refractivity contribution in [3.05, 3.63) is 53.2 Å². The molecule has 0 aliphatic heterocycles. The van der Waals surface area contributed by atoms with Crippen molar-refractivity contribution in [3.8, 4) is 0 Å². The quantitative estimate of drug-likeness (QED) is 0.835. The molecule has 0 bridgehead atoms. The van der Waals surface area contributed by atoms with Gasteiger partial charge in [-0.2, -0.15) is 0 Å². The van der Waals surface area contributed by atoms with E-state index in [0.29, 0.717) is 29.2 Å². The Morgan fingerprint density at radius 2 is 1.93 bits per heavy atom. The summed E-state index contributed by atoms with van der Waals surface area (Å²) >= 11 is 0. The monoisotopic (exact) mass is 374 g/mol. The zero-order valence-corrected chi connectivity index (χ0v) is 15.4. The lowest BCUT2D eigenvalue weighted by Crippen LogP contribution is -2.41. The third-order valence-corrected chi connectivity index (χ3v) is 4.61. The van der Waals surface area contributed by atoms with Gasteiger partial charge in [0, 0.05) is 18.2 Å². The van der Waals surface area contributed by atoms with E-state index in [1.807, 2.05) is 0 Å². The van der Waals surface area contributed by atoms with Crippen molar-refractivity contribution in [2.75, 3.05) is 5.32 Å². The first-order valence-corrected chi connectivity index (χ1v) is 9.02. The van der Waals surface area contributed by atoms with E-state index in [2.05, 4.69) is 10.6 Å². The molecule has 6 nitrogen and oxygen atoms in total. The van der Waals surface area contributed by atoms with E-state index < -0.39 is 6.09 Å². The third kappa shape index (κ3) is 5.09. The molecule has 2 aromatic rings. The largest absolute Gasteiger partial charge is 0.466 e. The van der Waals surface area contributed by atoms with Gasteiger partial charge in [-0.15, -0.1) is 0 Å². The van der Waals surface area contributed by atoms with E-state index in [-0.39, 0.29) is 23.9 Å². The van der Waals surface area contributed by atoms with Crippen LogP contribution in [0.1, 0.15) is 47.6 Å². The van der Waals surface area contributed by atoms with Crippen LogP contribution in [0.15, 0.2) is 34.7 Å². The van der Waals surface area contributed by atoms with Crippen LogP contribution in [-0.2, 0) is 4.74 Å². The van der Waals surface area contributed by atoms with Gasteiger partial charge in [0.15, 0.2) is 0 Å². The van der Waals surface area contributed by atoms with E-state index in [9.17, 15) is 14.0 Å². The Morgan fingerprint density at radius 3 is 2.59 bits per heavy atom. The van der Waals surface area contributed by atoms with Crippen LogP contribution in [0.3, 0.4) is 0 Å². The Balaban J connectivity index is 1.51. The minimum absolute atomic E-state index is 0.0653. The highest BCUT2D eigenvalue weighted by Gasteiger charge is 2.27. The van der Waals surface area contributed by atoms with Gasteiger partial charge in [0.2, 0.25) is 0 Å². The Hall–Kier alpha value is -2.83. The number of furan rings is 1. The summed E-state index contributed by atoms with van der Waals surface area (Å²) in [6.07, 6.45) is 2.12. The molecule has 1 saturated carbocycles. The number of amides is 2. The van der Waals surface area contributed by atoms with Crippen LogP contribution >= 0.6 is 0 Å². The van der Waals surface area contributed by atoms with Gasteiger partial charge in [0.25, 0.3) is 5.91 Å². The number of hydrogen-bond acceptors (Lipinski definition) is 4. The lowest BCUT2D eigenvalue weighted by molar-refractivity contribution is 0.0712. The fourth-order valence-corrected chi connectivity index (χ4v) is 3.33. The smallest absolute Gasteiger partial charge is 0.411 e. The van der Waals surface area contributed by atoms with E-state index in [4.69, 9.17) is 9.15 Å². The summed E-state index contributed by atoms with van der Waals surface area (Å²) in [6.45, 7) is 3.56. The van der Waals surface area contributed by atoms with Crippen LogP contribution in [-0.4, -0.2) is 24.1 Å². The highest BCUT2D eigenvalue weighted by molar-refractivity contribution is 5.95. The van der Waals surface area contributed by atoms with E-state index in [0.717, 1.165) is 19.3 Å². The van der Waals surface area contributed by atoms with Crippen LogP contribution in [0.2, 0.25) is 0 Å². The number of carbonyl (C=O) groups excluding carboxylic acids is 2. The second-order valence-electron chi connectivity index (χ2n) is 6.82. The predicted molar refractivity (Wildman–Crippen MR) is 98.2 cm³/mol. The number of aryl methyl sites for hydroxylation is 2. The van der Waals surface area contributed by atoms with Crippen LogP contribution in [0.5, 0.6) is 0 Å². The molecule has 7 heteroatoms. The molecule has 1 heterocycles. The Kier molecular flexibility index (Phi) is 5.78. The zero-order chi connectivity index (χ0) is 19.4. The maximum absolute atomic E-state index is 12.9. The topological polar surface area (TPSA) is 80.6 Å². The van der Waals surface area contributed by atoms with Crippen molar-refractivity contribution in [3.63, 3.8) is 0 Å². The number of carbonyl (C=O) groups is 2. The van der Waals surface area contributed by atoms with Gasteiger partial charge in [-0.25, -0.2) is 9.18 Å². The normalized spacial score (nSPS) is 19.4. The molecule has 2 atom stereocenters. The molecule has 1 aromatic heterocycles. The second-order valence-corrected chi connectivity index (χ2v) is 6.82. The molecule has 1 aliphatic carbocycles. The molecule has 2 amide bonds. The number of anilines is 1. The number of nitrogens with one attached hydrogen (secondary N) is 2. The van der Waals surface area contributed by atoms with E-state index >= 15 is 0 Å². The highest BCUT2D eigenvalue weighted by atomic mass is 19.1. The molecule has 3 rings (SSSR count). The summed E-state index contributed by atoms with van der Waals surface area (Å²) in [5, 5.41) is 5.58. The number of hydrogen-bond donors (Lipinski definition) is 2. The maximum atomic E-state index is 12.9. The van der Waals surface area contributed by atoms with Crippen molar-refractivity contribution in [1.82, 2.24) is 5.32 Å². The summed E-state index contributed by atoms with van der Waals surface area (Å²) in [5.41, 5.74) is 0.998. The highest BCUT2D eigenvalue weighted by Crippen LogP contribution is 2.23. The molecule has 144 valence electrons. The van der Waals surface area contributed by atoms with Gasteiger partial charge in [0.05, 0.1) is 5.56 Å². The van der Waals surface area contributed by atoms with Crippen molar-refractivity contribution in [2.24, 2.45) is 0 Å². The van der Waals surface area contributed by atoms with Gasteiger partial charge >= 0.3 is 6.09 Å². The van der Waals surface area contributed by atoms with Gasteiger partial charge in [-0.05, 0) is 63.4 Å². The molecule has 0 spiro atoms. The Labute approximate surface area is 157 Å². The molecule has 0 unspecified atom stereocenters. The first kappa shape index (κ1) is 18.9. The molecule has 1 aliphatic rings. The van der Waals surface area contributed by atoms with Crippen LogP contribution in [0, 0.1) is 19.7 Å². The first-order chi connectivity index (χ1) is 12.9. The SMILES string of the molecule is Cc1cc(C(=O)N[C@@H]2CCC[C@H](OC(=O)Nc3ccc(F)cc3)C2)c(C)o1. The Morgan fingerprint density at radius 1 is 1.19 bits per heavy atom. The molecule has 2 N–H and O–H groups in total. The van der Waals surface area contributed by atoms with Gasteiger partial charge in [-0.1, -0.05) is 0 Å². The number of rotatable bonds is 4. The van der Waals surface area contributed by atoms with Crippen LogP contribution in [0.25, 0.3) is 0 Å². The summed E-state index contributed by atoms with van der Waals surface area (Å²) in [7, 11) is 0. The number of halogens is 1. The van der Waals surface area contributed by atoms with Crippen molar-refractivity contribution < 1.29 is 23.1 Å². The van der Waals surface area contributed by atoms with Crippen molar-refractivity contribution in [2.45, 2.75) is 51.7 Å². The van der Waals surface area contributed by atoms with Crippen molar-refractivity contribution in [1.29, 1.82) is 0 Å². The third-order valence-electron chi connectivity index (χ3n) is 4.61. The molecule has 1 fully saturated rings. The summed E-state index contributed by atoms with van der Waals surface area (Å²) < 4.78 is 23.8. The fourth-order valence-electron chi connectivity index (χ4n) is 3.33. The van der Waals surface area contributed by atoms with E-state index in [1.165, 1.54) is 24.3 Å². The summed E-state index contributed by atoms with van der Waals surface area (Å²) in [4.78, 5) is 24.5. The molecular weight excluding hydrogens is 351 g/mol. The average Bonchev–Trinajstić information content (AvgIpc) is 2.95. The van der Waals surface area contributed by atoms with Crippen molar-refractivity contribution >= 4 is 17.7 Å². The predicted octanol–water partition coefficient (Wildman–Crippen LogP) is 4.33. The average molecular weight is 374 g/mol. The number of benzene rings is 1. The zero-order valence-electron chi connectivity index (χ0n) is 15.4. The maximum Gasteiger partial charge on any atom is 0.411 e. The lowest BCUT2D eigenvalue weighted by atomic mass is 9.92. The summed E-state index contributed by atoms with van der Waals surface area (Å²) in [6, 6.07) is 7.12. The lowest BCUT2D eigenvalue weighted by Gasteiger charge is -2.29. The van der Waals surface area contributed by atoms with E-state index in [1.54, 1.807) is 19.9 Å². The molecule has 0 radical (unpaired) electrons. The summed E-state index contributed by atoms with van der Waals surface area (Å²) in [5.74, 6) is 0.737. The van der Waals surface area contributed by atoms with Crippen LogP contribution < -0.4 is 10.6 Å². The molecule has 27 heavy (non-hydrogen) atoms. The minimum Gasteiger partial charge on any atom is -0.466 e. The fraction of sp³-hybridized carbons (Fsp3) is 0.400. The first-order valence-electron chi connectivity index (χ1n) is 9.02. The van der Waals surface area contributed by atoms with Gasteiger partial charge in [-0.3, -0.25) is 10.1 Å². The molecule has 0 saturated heterocycles. The van der Waals surface area contributed by atoms with Crippen LogP contribution in [0.4, 0.5) is 14.9 Å². The Bertz CT molecular complexity index is 816. The number of ether oxygens (including phenoxy) is 1. The van der Waals surface area contributed by atoms with Gasteiger partial charge < -0.3 is 14.5 Å². The second kappa shape index (κ2) is 8.24. The van der Waals surface area contributed by atoms with Gasteiger partial charge in [0.1, 0.15) is 23.4 Å². The minimum atomic E-state index is -0.583. The molecule has 1 aromatic carbocycles. The standard InChI is InChI=1S/C20H23FN2O4/c1-12-10-18(13(2)26-12)19(24)22-16-4-3-5-17(11-16)27-20(25)23-15-8-6-14(21)7-9-15/h6-10,16-17H,3-5,11H2,1-2H3,(H,22,24)(H,23,25)/t16-,17+/m1/s1.